The van der Waals surface area contributed by atoms with Crippen LogP contribution in [0.25, 0.3) is 0 Å². The molecule has 1 saturated heterocycles. The lowest BCUT2D eigenvalue weighted by Gasteiger charge is -2.20. The van der Waals surface area contributed by atoms with Gasteiger partial charge in [-0.2, -0.15) is 8.78 Å². The van der Waals surface area contributed by atoms with Gasteiger partial charge in [0.2, 0.25) is 6.10 Å². The van der Waals surface area contributed by atoms with Crippen molar-refractivity contribution in [2.24, 2.45) is 0 Å². The van der Waals surface area contributed by atoms with Gasteiger partial charge in [0, 0.05) is 0 Å². The smallest absolute Gasteiger partial charge is 0.382 e. The van der Waals surface area contributed by atoms with E-state index >= 15 is 0 Å². The van der Waals surface area contributed by atoms with Crippen LogP contribution in [0.2, 0.25) is 0 Å². The quantitative estimate of drug-likeness (QED) is 0.590. The molecule has 2 aromatic carbocycles. The molecule has 0 radical (unpaired) electrons. The molecule has 8 heteroatoms. The molecule has 0 bridgehead atoms. The van der Waals surface area contributed by atoms with Crippen LogP contribution in [-0.2, 0) is 19.0 Å². The Kier molecular flexibility index (Phi) is 5.16. The second-order valence-electron chi connectivity index (χ2n) is 5.72. The Morgan fingerprint density at radius 1 is 0.926 bits per heavy atom. The van der Waals surface area contributed by atoms with Crippen LogP contribution in [0.5, 0.6) is 0 Å². The number of benzene rings is 2. The van der Waals surface area contributed by atoms with Crippen LogP contribution in [0.3, 0.4) is 0 Å². The number of carbonyl (C=O) groups is 3. The Morgan fingerprint density at radius 3 is 2.00 bits per heavy atom. The normalized spacial score (nSPS) is 20.6. The van der Waals surface area contributed by atoms with Gasteiger partial charge in [-0.25, -0.2) is 14.4 Å². The van der Waals surface area contributed by atoms with Crippen LogP contribution in [0.15, 0.2) is 60.7 Å². The number of hydrogen-bond acceptors (Lipinski definition) is 6. The van der Waals surface area contributed by atoms with E-state index in [2.05, 4.69) is 4.74 Å². The standard InChI is InChI=1S/C19H14F2O6/c20-19(21)15(27-17(23)13-9-5-2-6-10-13)14(26-18(19)24)11-25-16(22)12-7-3-1-4-8-12/h1-10,14-15H,11H2. The zero-order chi connectivity index (χ0) is 19.4. The van der Waals surface area contributed by atoms with E-state index in [1.54, 1.807) is 24.3 Å². The largest absolute Gasteiger partial charge is 0.458 e. The molecule has 3 rings (SSSR count). The molecule has 2 atom stereocenters. The second-order valence-corrected chi connectivity index (χ2v) is 5.72. The first-order valence-electron chi connectivity index (χ1n) is 7.96. The number of alkyl halides is 2. The molecular formula is C19H14F2O6. The van der Waals surface area contributed by atoms with E-state index in [-0.39, 0.29) is 11.1 Å². The number of carbonyl (C=O) groups excluding carboxylic acids is 3. The van der Waals surface area contributed by atoms with Crippen molar-refractivity contribution in [3.05, 3.63) is 71.8 Å². The number of halogens is 2. The Labute approximate surface area is 152 Å². The van der Waals surface area contributed by atoms with Crippen LogP contribution >= 0.6 is 0 Å². The second kappa shape index (κ2) is 7.53. The van der Waals surface area contributed by atoms with Gasteiger partial charge in [-0.1, -0.05) is 36.4 Å². The summed E-state index contributed by atoms with van der Waals surface area (Å²) in [5.74, 6) is -7.71. The van der Waals surface area contributed by atoms with Crippen molar-refractivity contribution in [2.45, 2.75) is 18.1 Å². The van der Waals surface area contributed by atoms with Gasteiger partial charge in [-0.15, -0.1) is 0 Å². The molecular weight excluding hydrogens is 362 g/mol. The summed E-state index contributed by atoms with van der Waals surface area (Å²) in [4.78, 5) is 35.5. The summed E-state index contributed by atoms with van der Waals surface area (Å²) in [5.41, 5.74) is 0.235. The predicted octanol–water partition coefficient (Wildman–Crippen LogP) is 2.63. The van der Waals surface area contributed by atoms with Crippen molar-refractivity contribution >= 4 is 17.9 Å². The SMILES string of the molecule is O=C(OCC1OC(=O)C(F)(F)C1OC(=O)c1ccccc1)c1ccccc1. The minimum Gasteiger partial charge on any atom is -0.458 e. The first kappa shape index (κ1) is 18.5. The van der Waals surface area contributed by atoms with E-state index in [1.807, 2.05) is 0 Å². The molecule has 0 aliphatic carbocycles. The molecule has 1 fully saturated rings. The van der Waals surface area contributed by atoms with Crippen LogP contribution in [-0.4, -0.2) is 42.6 Å². The summed E-state index contributed by atoms with van der Waals surface area (Å²) in [7, 11) is 0. The predicted molar refractivity (Wildman–Crippen MR) is 87.2 cm³/mol. The first-order chi connectivity index (χ1) is 12.9. The zero-order valence-electron chi connectivity index (χ0n) is 13.8. The van der Waals surface area contributed by atoms with Gasteiger partial charge < -0.3 is 14.2 Å². The molecule has 27 heavy (non-hydrogen) atoms. The zero-order valence-corrected chi connectivity index (χ0v) is 13.8. The van der Waals surface area contributed by atoms with Gasteiger partial charge >= 0.3 is 23.8 Å². The lowest BCUT2D eigenvalue weighted by atomic mass is 10.1. The van der Waals surface area contributed by atoms with E-state index in [1.165, 1.54) is 36.4 Å². The van der Waals surface area contributed by atoms with Gasteiger partial charge in [0.1, 0.15) is 6.61 Å². The third kappa shape index (κ3) is 3.94. The van der Waals surface area contributed by atoms with E-state index in [4.69, 9.17) is 9.47 Å². The third-order valence-corrected chi connectivity index (χ3v) is 3.86. The summed E-state index contributed by atoms with van der Waals surface area (Å²) in [6.07, 6.45) is -3.82. The third-order valence-electron chi connectivity index (χ3n) is 3.86. The molecule has 0 amide bonds. The van der Waals surface area contributed by atoms with Gasteiger partial charge in [0.05, 0.1) is 11.1 Å². The van der Waals surface area contributed by atoms with Crippen LogP contribution in [0.1, 0.15) is 20.7 Å². The highest BCUT2D eigenvalue weighted by Gasteiger charge is 2.63. The maximum atomic E-state index is 14.1. The molecule has 1 aliphatic heterocycles. The molecule has 0 saturated carbocycles. The highest BCUT2D eigenvalue weighted by atomic mass is 19.3. The monoisotopic (exact) mass is 376 g/mol. The van der Waals surface area contributed by atoms with Gasteiger partial charge in [0.25, 0.3) is 0 Å². The molecule has 0 spiro atoms. The minimum absolute atomic E-state index is 0.0349. The molecule has 1 aliphatic rings. The number of rotatable bonds is 5. The average molecular weight is 376 g/mol. The number of hydrogen-bond donors (Lipinski definition) is 0. The van der Waals surface area contributed by atoms with Crippen LogP contribution in [0.4, 0.5) is 8.78 Å². The topological polar surface area (TPSA) is 78.9 Å². The Bertz CT molecular complexity index is 838. The fourth-order valence-corrected chi connectivity index (χ4v) is 2.47. The van der Waals surface area contributed by atoms with E-state index in [0.29, 0.717) is 0 Å². The summed E-state index contributed by atoms with van der Waals surface area (Å²) < 4.78 is 42.5. The summed E-state index contributed by atoms with van der Waals surface area (Å²) in [5, 5.41) is 0. The van der Waals surface area contributed by atoms with Gasteiger partial charge in [-0.3, -0.25) is 0 Å². The lowest BCUT2D eigenvalue weighted by Crippen LogP contribution is -2.43. The van der Waals surface area contributed by atoms with Crippen molar-refractivity contribution in [1.29, 1.82) is 0 Å². The molecule has 0 N–H and O–H groups in total. The summed E-state index contributed by atoms with van der Waals surface area (Å²) in [6.45, 7) is -0.679. The first-order valence-corrected chi connectivity index (χ1v) is 7.96. The van der Waals surface area contributed by atoms with Crippen molar-refractivity contribution in [3.63, 3.8) is 0 Å². The van der Waals surface area contributed by atoms with Crippen molar-refractivity contribution < 1.29 is 37.4 Å². The molecule has 140 valence electrons. The molecule has 1 heterocycles. The number of cyclic esters (lactones) is 1. The van der Waals surface area contributed by atoms with E-state index in [9.17, 15) is 23.2 Å². The number of esters is 3. The highest BCUT2D eigenvalue weighted by molar-refractivity contribution is 5.91. The van der Waals surface area contributed by atoms with Gasteiger partial charge in [0.15, 0.2) is 6.10 Å². The highest BCUT2D eigenvalue weighted by Crippen LogP contribution is 2.34. The maximum absolute atomic E-state index is 14.1. The maximum Gasteiger partial charge on any atom is 0.382 e. The number of ether oxygens (including phenoxy) is 3. The van der Waals surface area contributed by atoms with Crippen molar-refractivity contribution in [3.8, 4) is 0 Å². The Hall–Kier alpha value is -3.29. The van der Waals surface area contributed by atoms with Gasteiger partial charge in [-0.05, 0) is 24.3 Å². The van der Waals surface area contributed by atoms with E-state index in [0.717, 1.165) is 0 Å². The van der Waals surface area contributed by atoms with Crippen molar-refractivity contribution in [2.75, 3.05) is 6.61 Å². The summed E-state index contributed by atoms with van der Waals surface area (Å²) in [6, 6.07) is 15.3. The van der Waals surface area contributed by atoms with Crippen LogP contribution in [0, 0.1) is 0 Å². The van der Waals surface area contributed by atoms with E-state index < -0.39 is 42.6 Å². The Balaban J connectivity index is 1.70. The summed E-state index contributed by atoms with van der Waals surface area (Å²) >= 11 is 0. The average Bonchev–Trinajstić information content (AvgIpc) is 2.90. The fourth-order valence-electron chi connectivity index (χ4n) is 2.47. The molecule has 2 aromatic rings. The fraction of sp³-hybridized carbons (Fsp3) is 0.211. The van der Waals surface area contributed by atoms with Crippen molar-refractivity contribution in [1.82, 2.24) is 0 Å². The Morgan fingerprint density at radius 2 is 1.44 bits per heavy atom. The molecule has 0 aromatic heterocycles. The van der Waals surface area contributed by atoms with Crippen LogP contribution < -0.4 is 0 Å². The molecule has 2 unspecified atom stereocenters. The lowest BCUT2D eigenvalue weighted by molar-refractivity contribution is -0.163. The minimum atomic E-state index is -4.05. The molecule has 6 nitrogen and oxygen atoms in total.